The van der Waals surface area contributed by atoms with Crippen molar-refractivity contribution in [2.24, 2.45) is 0 Å². The van der Waals surface area contributed by atoms with Crippen molar-refractivity contribution in [2.45, 2.75) is 6.42 Å². The van der Waals surface area contributed by atoms with Crippen molar-refractivity contribution in [3.05, 3.63) is 20.3 Å². The molecule has 0 N–H and O–H groups in total. The summed E-state index contributed by atoms with van der Waals surface area (Å²) in [4.78, 5) is 11.6. The van der Waals surface area contributed by atoms with Crippen LogP contribution in [0.5, 0.6) is 0 Å². The van der Waals surface area contributed by atoms with E-state index in [1.165, 1.54) is 11.8 Å². The molecule has 1 fully saturated rings. The average Bonchev–Trinajstić information content (AvgIpc) is 2.04. The Hall–Kier alpha value is -0.420. The molecule has 1 aliphatic rings. The quantitative estimate of drug-likeness (QED) is 0.374. The highest BCUT2D eigenvalue weighted by molar-refractivity contribution is 8.03. The maximum absolute atomic E-state index is 10.3. The zero-order valence-electron chi connectivity index (χ0n) is 6.62. The number of thioether (sulfide) groups is 1. The summed E-state index contributed by atoms with van der Waals surface area (Å²) in [5, 5.41) is 10.6. The maximum Gasteiger partial charge on any atom is 0.367 e. The first-order valence-electron chi connectivity index (χ1n) is 3.51. The van der Waals surface area contributed by atoms with Gasteiger partial charge in [-0.15, -0.1) is 11.8 Å². The first kappa shape index (κ1) is 9.67. The molecule has 0 aliphatic carbocycles. The molecule has 0 aromatic heterocycles. The van der Waals surface area contributed by atoms with Gasteiger partial charge in [0, 0.05) is 19.3 Å². The first-order chi connectivity index (χ1) is 5.63. The van der Waals surface area contributed by atoms with Crippen LogP contribution in [0.1, 0.15) is 6.42 Å². The predicted octanol–water partition coefficient (Wildman–Crippen LogP) is 1.70. The molecule has 1 saturated heterocycles. The highest BCUT2D eigenvalue weighted by Crippen LogP contribution is 2.29. The van der Waals surface area contributed by atoms with E-state index in [0.29, 0.717) is 5.03 Å². The number of halogens is 1. The largest absolute Gasteiger partial charge is 0.367 e. The summed E-state index contributed by atoms with van der Waals surface area (Å²) >= 11 is 6.95. The fourth-order valence-corrected chi connectivity index (χ4v) is 2.26. The second kappa shape index (κ2) is 4.00. The summed E-state index contributed by atoms with van der Waals surface area (Å²) in [5.41, 5.74) is 0. The Kier molecular flexibility index (Phi) is 3.22. The monoisotopic (exact) mass is 208 g/mol. The maximum atomic E-state index is 10.3. The van der Waals surface area contributed by atoms with Gasteiger partial charge in [0.1, 0.15) is 0 Å². The van der Waals surface area contributed by atoms with Crippen LogP contribution in [0, 0.1) is 10.1 Å². The van der Waals surface area contributed by atoms with Crippen molar-refractivity contribution in [3.8, 4) is 0 Å². The van der Waals surface area contributed by atoms with E-state index in [4.69, 9.17) is 11.6 Å². The van der Waals surface area contributed by atoms with Gasteiger partial charge < -0.3 is 4.90 Å². The van der Waals surface area contributed by atoms with Crippen LogP contribution < -0.4 is 0 Å². The number of rotatable bonds is 1. The van der Waals surface area contributed by atoms with Crippen molar-refractivity contribution in [3.63, 3.8) is 0 Å². The van der Waals surface area contributed by atoms with E-state index in [1.54, 1.807) is 0 Å². The highest BCUT2D eigenvalue weighted by Gasteiger charge is 2.22. The van der Waals surface area contributed by atoms with Crippen LogP contribution in [0.4, 0.5) is 0 Å². The average molecular weight is 209 g/mol. The van der Waals surface area contributed by atoms with Crippen LogP contribution in [-0.4, -0.2) is 29.2 Å². The van der Waals surface area contributed by atoms with Crippen LogP contribution in [0.2, 0.25) is 0 Å². The molecule has 0 amide bonds. The van der Waals surface area contributed by atoms with Crippen LogP contribution >= 0.6 is 23.4 Å². The molecular weight excluding hydrogens is 200 g/mol. The second-order valence-electron chi connectivity index (χ2n) is 2.48. The Morgan fingerprint density at radius 1 is 1.83 bits per heavy atom. The first-order valence-corrected chi connectivity index (χ1v) is 4.87. The zero-order chi connectivity index (χ0) is 9.14. The molecule has 1 heterocycles. The Bertz CT molecular complexity index is 232. The van der Waals surface area contributed by atoms with Crippen LogP contribution in [0.25, 0.3) is 0 Å². The Morgan fingerprint density at radius 3 is 3.00 bits per heavy atom. The lowest BCUT2D eigenvalue weighted by atomic mass is 10.4. The smallest absolute Gasteiger partial charge is 0.363 e. The Morgan fingerprint density at radius 2 is 2.50 bits per heavy atom. The van der Waals surface area contributed by atoms with Crippen molar-refractivity contribution in [1.82, 2.24) is 4.90 Å². The van der Waals surface area contributed by atoms with Gasteiger partial charge in [-0.3, -0.25) is 10.1 Å². The van der Waals surface area contributed by atoms with Crippen molar-refractivity contribution in [1.29, 1.82) is 0 Å². The van der Waals surface area contributed by atoms with Gasteiger partial charge in [-0.05, 0) is 18.0 Å². The predicted molar refractivity (Wildman–Crippen MR) is 49.6 cm³/mol. The minimum absolute atomic E-state index is 0.262. The van der Waals surface area contributed by atoms with Crippen LogP contribution in [0.3, 0.4) is 0 Å². The molecule has 0 unspecified atom stereocenters. The number of hydrogen-bond acceptors (Lipinski definition) is 4. The molecule has 0 spiro atoms. The van der Waals surface area contributed by atoms with Gasteiger partial charge in [-0.2, -0.15) is 0 Å². The van der Waals surface area contributed by atoms with Gasteiger partial charge in [0.25, 0.3) is 0 Å². The normalized spacial score (nSPS) is 22.3. The fourth-order valence-electron chi connectivity index (χ4n) is 0.977. The van der Waals surface area contributed by atoms with Crippen molar-refractivity contribution in [2.75, 3.05) is 19.3 Å². The molecule has 0 radical (unpaired) electrons. The standard InChI is InChI=1S/C6H9ClN2O2S/c1-8-3-2-4-12-6(8)5(7)9(10)11/h2-4H2,1H3. The number of nitro groups is 1. The van der Waals surface area contributed by atoms with Gasteiger partial charge in [-0.25, -0.2) is 0 Å². The summed E-state index contributed by atoms with van der Waals surface area (Å²) in [6, 6.07) is 0. The Balaban J connectivity index is 2.82. The molecule has 0 bridgehead atoms. The summed E-state index contributed by atoms with van der Waals surface area (Å²) in [7, 11) is 1.81. The van der Waals surface area contributed by atoms with Crippen molar-refractivity contribution >= 4 is 23.4 Å². The summed E-state index contributed by atoms with van der Waals surface area (Å²) in [6.45, 7) is 0.840. The lowest BCUT2D eigenvalue weighted by Crippen LogP contribution is -2.24. The molecule has 0 aromatic rings. The lowest BCUT2D eigenvalue weighted by molar-refractivity contribution is -0.413. The number of hydrogen-bond donors (Lipinski definition) is 0. The topological polar surface area (TPSA) is 46.4 Å². The molecule has 1 rings (SSSR count). The zero-order valence-corrected chi connectivity index (χ0v) is 8.19. The van der Waals surface area contributed by atoms with Gasteiger partial charge >= 0.3 is 5.16 Å². The molecule has 1 aliphatic heterocycles. The molecule has 12 heavy (non-hydrogen) atoms. The van der Waals surface area contributed by atoms with Gasteiger partial charge in [-0.1, -0.05) is 0 Å². The minimum atomic E-state index is -0.550. The minimum Gasteiger partial charge on any atom is -0.363 e. The summed E-state index contributed by atoms with van der Waals surface area (Å²) in [6.07, 6.45) is 1.05. The van der Waals surface area contributed by atoms with E-state index in [0.717, 1.165) is 18.7 Å². The third-order valence-electron chi connectivity index (χ3n) is 1.56. The molecule has 4 nitrogen and oxygen atoms in total. The van der Waals surface area contributed by atoms with Gasteiger partial charge in [0.05, 0.1) is 4.92 Å². The lowest BCUT2D eigenvalue weighted by Gasteiger charge is -2.24. The highest BCUT2D eigenvalue weighted by atomic mass is 35.5. The van der Waals surface area contributed by atoms with Crippen molar-refractivity contribution < 1.29 is 4.92 Å². The van der Waals surface area contributed by atoms with E-state index in [9.17, 15) is 10.1 Å². The molecule has 0 atom stereocenters. The fraction of sp³-hybridized carbons (Fsp3) is 0.667. The molecule has 68 valence electrons. The summed E-state index contributed by atoms with van der Waals surface area (Å²) < 4.78 is 0. The van der Waals surface area contributed by atoms with E-state index in [-0.39, 0.29) is 5.16 Å². The third-order valence-corrected chi connectivity index (χ3v) is 3.26. The van der Waals surface area contributed by atoms with E-state index < -0.39 is 4.92 Å². The van der Waals surface area contributed by atoms with E-state index >= 15 is 0 Å². The van der Waals surface area contributed by atoms with E-state index in [2.05, 4.69) is 0 Å². The molecular formula is C6H9ClN2O2S. The van der Waals surface area contributed by atoms with Crippen LogP contribution in [0.15, 0.2) is 10.2 Å². The van der Waals surface area contributed by atoms with Gasteiger partial charge in [0.2, 0.25) is 0 Å². The molecule has 0 saturated carbocycles. The molecule has 0 aromatic carbocycles. The SMILES string of the molecule is CN1CCCSC1=C(Cl)[N+](=O)[O-]. The van der Waals surface area contributed by atoms with Crippen LogP contribution in [-0.2, 0) is 0 Å². The second-order valence-corrected chi connectivity index (χ2v) is 3.92. The number of nitrogens with zero attached hydrogens (tertiary/aromatic N) is 2. The Labute approximate surface area is 79.7 Å². The molecule has 6 heteroatoms. The third kappa shape index (κ3) is 2.04. The van der Waals surface area contributed by atoms with E-state index in [1.807, 2.05) is 11.9 Å². The van der Waals surface area contributed by atoms with Gasteiger partial charge in [0.15, 0.2) is 5.03 Å². The summed E-state index contributed by atoms with van der Waals surface area (Å²) in [5.74, 6) is 0.906.